The monoisotopic (exact) mass is 360 g/mol. The Bertz CT molecular complexity index is 1430. The lowest BCUT2D eigenvalue weighted by Crippen LogP contribution is -2.14. The van der Waals surface area contributed by atoms with Gasteiger partial charge in [0.15, 0.2) is 0 Å². The molecule has 0 saturated carbocycles. The molecule has 1 aliphatic carbocycles. The maximum atomic E-state index is 13.2. The summed E-state index contributed by atoms with van der Waals surface area (Å²) in [7, 11) is 0. The molecule has 0 atom stereocenters. The molecule has 0 amide bonds. The molecule has 130 valence electrons. The fourth-order valence-corrected chi connectivity index (χ4v) is 3.88. The zero-order valence-electron chi connectivity index (χ0n) is 14.6. The number of aromatic nitrogens is 4. The standard InChI is InChI=1S/C23H12N4O/c28-23-15-7-4-10-25-20(15)21-19-16(11-18(27-21)13-5-3-9-24-12-13)14-6-1-2-8-17(14)26-22(19)23/h1-12H. The Morgan fingerprint density at radius 1 is 0.750 bits per heavy atom. The highest BCUT2D eigenvalue weighted by atomic mass is 16.1. The molecule has 28 heavy (non-hydrogen) atoms. The quantitative estimate of drug-likeness (QED) is 0.405. The van der Waals surface area contributed by atoms with Crippen molar-refractivity contribution in [3.8, 4) is 22.6 Å². The Labute approximate surface area is 159 Å². The number of pyridine rings is 4. The molecular weight excluding hydrogens is 348 g/mol. The van der Waals surface area contributed by atoms with E-state index in [-0.39, 0.29) is 5.78 Å². The minimum absolute atomic E-state index is 0.109. The van der Waals surface area contributed by atoms with Crippen LogP contribution in [-0.4, -0.2) is 25.7 Å². The highest BCUT2D eigenvalue weighted by Gasteiger charge is 2.30. The fraction of sp³-hybridized carbons (Fsp3) is 0. The highest BCUT2D eigenvalue weighted by molar-refractivity contribution is 6.27. The lowest BCUT2D eigenvalue weighted by molar-refractivity contribution is 0.103. The minimum Gasteiger partial charge on any atom is -0.287 e. The SMILES string of the molecule is O=C1c2cccnc2-c2nc(-c3cccnc3)cc3c2c1nc1ccccc13. The molecule has 5 aromatic rings. The number of hydrogen-bond acceptors (Lipinski definition) is 5. The molecular formula is C23H12N4O. The van der Waals surface area contributed by atoms with Crippen LogP contribution in [0, 0.1) is 0 Å². The van der Waals surface area contributed by atoms with Gasteiger partial charge in [-0.2, -0.15) is 0 Å². The molecule has 0 spiro atoms. The van der Waals surface area contributed by atoms with Gasteiger partial charge in [0.1, 0.15) is 17.1 Å². The van der Waals surface area contributed by atoms with Crippen molar-refractivity contribution in [2.45, 2.75) is 0 Å². The lowest BCUT2D eigenvalue weighted by Gasteiger charge is -2.19. The molecule has 0 aliphatic heterocycles. The maximum absolute atomic E-state index is 13.2. The first kappa shape index (κ1) is 15.1. The lowest BCUT2D eigenvalue weighted by atomic mass is 9.89. The molecule has 0 unspecified atom stereocenters. The number of hydrogen-bond donors (Lipinski definition) is 0. The van der Waals surface area contributed by atoms with Crippen molar-refractivity contribution >= 4 is 27.5 Å². The van der Waals surface area contributed by atoms with Gasteiger partial charge in [-0.15, -0.1) is 0 Å². The third-order valence-electron chi connectivity index (χ3n) is 5.13. The summed E-state index contributed by atoms with van der Waals surface area (Å²) < 4.78 is 0. The van der Waals surface area contributed by atoms with Crippen LogP contribution in [0.3, 0.4) is 0 Å². The van der Waals surface area contributed by atoms with Gasteiger partial charge in [-0.3, -0.25) is 14.8 Å². The molecule has 6 rings (SSSR count). The van der Waals surface area contributed by atoms with Crippen LogP contribution >= 0.6 is 0 Å². The van der Waals surface area contributed by atoms with Crippen molar-refractivity contribution in [1.82, 2.24) is 19.9 Å². The van der Waals surface area contributed by atoms with Crippen molar-refractivity contribution in [2.24, 2.45) is 0 Å². The molecule has 1 aromatic carbocycles. The Kier molecular flexibility index (Phi) is 2.97. The van der Waals surface area contributed by atoms with Gasteiger partial charge in [0.25, 0.3) is 0 Å². The molecule has 5 nitrogen and oxygen atoms in total. The van der Waals surface area contributed by atoms with Gasteiger partial charge in [0.05, 0.1) is 16.8 Å². The molecule has 0 fully saturated rings. The predicted octanol–water partition coefficient (Wildman–Crippen LogP) is 4.45. The number of rotatable bonds is 1. The van der Waals surface area contributed by atoms with Crippen LogP contribution in [0.5, 0.6) is 0 Å². The largest absolute Gasteiger partial charge is 0.287 e. The number of fused-ring (bicyclic) bond motifs is 4. The van der Waals surface area contributed by atoms with Gasteiger partial charge in [0, 0.05) is 34.9 Å². The van der Waals surface area contributed by atoms with E-state index in [1.54, 1.807) is 30.7 Å². The Morgan fingerprint density at radius 2 is 1.64 bits per heavy atom. The van der Waals surface area contributed by atoms with E-state index in [4.69, 9.17) is 4.98 Å². The van der Waals surface area contributed by atoms with Crippen LogP contribution in [0.15, 0.2) is 73.2 Å². The normalized spacial score (nSPS) is 12.4. The highest BCUT2D eigenvalue weighted by Crippen LogP contribution is 2.40. The topological polar surface area (TPSA) is 68.6 Å². The van der Waals surface area contributed by atoms with E-state index in [0.717, 1.165) is 32.9 Å². The zero-order chi connectivity index (χ0) is 18.7. The third kappa shape index (κ3) is 1.98. The van der Waals surface area contributed by atoms with Crippen LogP contribution in [0.25, 0.3) is 44.3 Å². The van der Waals surface area contributed by atoms with Gasteiger partial charge in [-0.25, -0.2) is 9.97 Å². The first-order valence-electron chi connectivity index (χ1n) is 8.95. The van der Waals surface area contributed by atoms with E-state index in [2.05, 4.69) is 15.0 Å². The molecule has 0 bridgehead atoms. The summed E-state index contributed by atoms with van der Waals surface area (Å²) >= 11 is 0. The Morgan fingerprint density at radius 3 is 2.54 bits per heavy atom. The predicted molar refractivity (Wildman–Crippen MR) is 107 cm³/mol. The first-order chi connectivity index (χ1) is 13.8. The summed E-state index contributed by atoms with van der Waals surface area (Å²) in [5, 5.41) is 2.71. The van der Waals surface area contributed by atoms with E-state index < -0.39 is 0 Å². The van der Waals surface area contributed by atoms with Crippen LogP contribution < -0.4 is 0 Å². The zero-order valence-corrected chi connectivity index (χ0v) is 14.6. The number of carbonyl (C=O) groups is 1. The van der Waals surface area contributed by atoms with Crippen molar-refractivity contribution in [2.75, 3.05) is 0 Å². The molecule has 4 heterocycles. The molecule has 4 aromatic heterocycles. The van der Waals surface area contributed by atoms with Crippen molar-refractivity contribution < 1.29 is 4.79 Å². The number of para-hydroxylation sites is 1. The number of benzene rings is 1. The fourth-order valence-electron chi connectivity index (χ4n) is 3.88. The van der Waals surface area contributed by atoms with Crippen LogP contribution in [0.2, 0.25) is 0 Å². The van der Waals surface area contributed by atoms with Crippen molar-refractivity contribution in [1.29, 1.82) is 0 Å². The Balaban J connectivity index is 1.85. The second-order valence-electron chi connectivity index (χ2n) is 6.73. The van der Waals surface area contributed by atoms with Crippen LogP contribution in [0.4, 0.5) is 0 Å². The average molecular weight is 360 g/mol. The minimum atomic E-state index is -0.109. The van der Waals surface area contributed by atoms with Crippen LogP contribution in [0.1, 0.15) is 16.1 Å². The Hall–Kier alpha value is -3.99. The summed E-state index contributed by atoms with van der Waals surface area (Å²) in [4.78, 5) is 31.4. The molecule has 0 saturated heterocycles. The van der Waals surface area contributed by atoms with Crippen molar-refractivity contribution in [3.63, 3.8) is 0 Å². The molecule has 0 N–H and O–H groups in total. The van der Waals surface area contributed by atoms with Gasteiger partial charge < -0.3 is 0 Å². The molecule has 0 radical (unpaired) electrons. The molecule has 1 aliphatic rings. The van der Waals surface area contributed by atoms with Gasteiger partial charge >= 0.3 is 0 Å². The van der Waals surface area contributed by atoms with E-state index in [0.29, 0.717) is 22.6 Å². The number of nitrogens with zero attached hydrogens (tertiary/aromatic N) is 4. The van der Waals surface area contributed by atoms with E-state index in [9.17, 15) is 4.79 Å². The average Bonchev–Trinajstić information content (AvgIpc) is 2.77. The summed E-state index contributed by atoms with van der Waals surface area (Å²) in [6.07, 6.45) is 5.22. The van der Waals surface area contributed by atoms with Crippen LogP contribution in [-0.2, 0) is 0 Å². The number of carbonyl (C=O) groups excluding carboxylic acids is 1. The second-order valence-corrected chi connectivity index (χ2v) is 6.73. The summed E-state index contributed by atoms with van der Waals surface area (Å²) in [5.74, 6) is -0.109. The summed E-state index contributed by atoms with van der Waals surface area (Å²) in [6.45, 7) is 0. The second kappa shape index (κ2) is 5.50. The smallest absolute Gasteiger partial charge is 0.214 e. The molecule has 5 heteroatoms. The van der Waals surface area contributed by atoms with Gasteiger partial charge in [0.2, 0.25) is 5.78 Å². The van der Waals surface area contributed by atoms with Gasteiger partial charge in [-0.1, -0.05) is 18.2 Å². The third-order valence-corrected chi connectivity index (χ3v) is 5.13. The first-order valence-corrected chi connectivity index (χ1v) is 8.95. The summed E-state index contributed by atoms with van der Waals surface area (Å²) in [5.41, 5.74) is 4.78. The van der Waals surface area contributed by atoms with Gasteiger partial charge in [-0.05, 0) is 41.8 Å². The number of ketones is 1. The maximum Gasteiger partial charge on any atom is 0.214 e. The van der Waals surface area contributed by atoms with E-state index in [1.165, 1.54) is 0 Å². The van der Waals surface area contributed by atoms with E-state index in [1.807, 2.05) is 42.5 Å². The van der Waals surface area contributed by atoms with E-state index >= 15 is 0 Å². The van der Waals surface area contributed by atoms with Crippen molar-refractivity contribution in [3.05, 3.63) is 84.4 Å². The summed E-state index contributed by atoms with van der Waals surface area (Å²) in [6, 6.07) is 17.3.